The van der Waals surface area contributed by atoms with Crippen LogP contribution < -0.4 is 9.47 Å². The van der Waals surface area contributed by atoms with Gasteiger partial charge in [0.05, 0.1) is 12.1 Å². The van der Waals surface area contributed by atoms with Crippen LogP contribution in [0.3, 0.4) is 0 Å². The Morgan fingerprint density at radius 1 is 1.21 bits per heavy atom. The van der Waals surface area contributed by atoms with Gasteiger partial charge in [-0.25, -0.2) is 4.98 Å². The Balaban J connectivity index is 1.46. The molecule has 7 heteroatoms. The summed E-state index contributed by atoms with van der Waals surface area (Å²) in [6, 6.07) is 13.8. The van der Waals surface area contributed by atoms with E-state index in [-0.39, 0.29) is 12.3 Å². The lowest BCUT2D eigenvalue weighted by atomic mass is 10.1. The maximum Gasteiger partial charge on any atom is 0.228 e. The van der Waals surface area contributed by atoms with Crippen LogP contribution in [0.1, 0.15) is 18.2 Å². The number of hydrogen-bond donors (Lipinski definition) is 0. The Hall–Kier alpha value is -2.38. The van der Waals surface area contributed by atoms with E-state index in [1.165, 1.54) is 0 Å². The molecule has 0 saturated heterocycles. The van der Waals surface area contributed by atoms with Gasteiger partial charge >= 0.3 is 0 Å². The molecule has 1 aromatic heterocycles. The van der Waals surface area contributed by atoms with Crippen LogP contribution >= 0.6 is 27.3 Å². The van der Waals surface area contributed by atoms with Gasteiger partial charge in [-0.2, -0.15) is 0 Å². The van der Waals surface area contributed by atoms with E-state index in [0.29, 0.717) is 26.3 Å². The molecule has 0 N–H and O–H groups in total. The topological polar surface area (TPSA) is 51.7 Å². The molecule has 5 nitrogen and oxygen atoms in total. The Bertz CT molecular complexity index is 1020. The van der Waals surface area contributed by atoms with Crippen LogP contribution in [-0.4, -0.2) is 35.5 Å². The summed E-state index contributed by atoms with van der Waals surface area (Å²) >= 11 is 5.05. The molecule has 0 radical (unpaired) electrons. The monoisotopic (exact) mass is 472 g/mol. The summed E-state index contributed by atoms with van der Waals surface area (Å²) in [5, 5.41) is 2.88. The first-order valence-electron chi connectivity index (χ1n) is 9.49. The average Bonchev–Trinajstić information content (AvgIpc) is 3.20. The Kier molecular flexibility index (Phi) is 6.16. The van der Waals surface area contributed by atoms with Gasteiger partial charge in [0.2, 0.25) is 5.91 Å². The predicted molar refractivity (Wildman–Crippen MR) is 117 cm³/mol. The zero-order chi connectivity index (χ0) is 20.2. The molecule has 2 aromatic carbocycles. The van der Waals surface area contributed by atoms with E-state index in [1.54, 1.807) is 11.3 Å². The number of amides is 1. The van der Waals surface area contributed by atoms with E-state index < -0.39 is 0 Å². The second-order valence-corrected chi connectivity index (χ2v) is 8.45. The van der Waals surface area contributed by atoms with E-state index in [2.05, 4.69) is 20.9 Å². The summed E-state index contributed by atoms with van der Waals surface area (Å²) in [5.41, 5.74) is 2.80. The van der Waals surface area contributed by atoms with Gasteiger partial charge in [0.25, 0.3) is 0 Å². The fraction of sp³-hybridized carbons (Fsp3) is 0.273. The van der Waals surface area contributed by atoms with Gasteiger partial charge in [0, 0.05) is 34.1 Å². The molecule has 0 unspecified atom stereocenters. The molecule has 3 aromatic rings. The second-order valence-electron chi connectivity index (χ2n) is 6.68. The van der Waals surface area contributed by atoms with Crippen molar-refractivity contribution in [3.63, 3.8) is 0 Å². The quantitative estimate of drug-likeness (QED) is 0.509. The number of hydrogen-bond acceptors (Lipinski definition) is 5. The molecular weight excluding hydrogens is 452 g/mol. The Morgan fingerprint density at radius 2 is 2.03 bits per heavy atom. The summed E-state index contributed by atoms with van der Waals surface area (Å²) in [6.07, 6.45) is 0.282. The molecule has 0 saturated carbocycles. The minimum atomic E-state index is 0.0490. The van der Waals surface area contributed by atoms with Crippen molar-refractivity contribution in [2.24, 2.45) is 0 Å². The van der Waals surface area contributed by atoms with Gasteiger partial charge < -0.3 is 14.4 Å². The average molecular weight is 473 g/mol. The zero-order valence-electron chi connectivity index (χ0n) is 16.1. The molecule has 2 heterocycles. The summed E-state index contributed by atoms with van der Waals surface area (Å²) in [5.74, 6) is 1.54. The van der Waals surface area contributed by atoms with Crippen molar-refractivity contribution in [1.29, 1.82) is 0 Å². The van der Waals surface area contributed by atoms with Gasteiger partial charge in [-0.1, -0.05) is 40.2 Å². The largest absolute Gasteiger partial charge is 0.486 e. The van der Waals surface area contributed by atoms with Gasteiger partial charge in [-0.15, -0.1) is 11.3 Å². The van der Waals surface area contributed by atoms with Crippen molar-refractivity contribution in [1.82, 2.24) is 9.88 Å². The predicted octanol–water partition coefficient (Wildman–Crippen LogP) is 4.94. The SMILES string of the molecule is CCN(Cc1cccc2c1OCCO2)C(=O)Cc1csc(-c2cccc(Br)c2)n1. The summed E-state index contributed by atoms with van der Waals surface area (Å²) in [7, 11) is 0. The number of likely N-dealkylation sites (N-methyl/N-ethyl adjacent to an activating group) is 1. The molecule has 0 aliphatic carbocycles. The normalized spacial score (nSPS) is 12.6. The number of carbonyl (C=O) groups excluding carboxylic acids is 1. The molecule has 1 aliphatic rings. The lowest BCUT2D eigenvalue weighted by Crippen LogP contribution is -2.32. The highest BCUT2D eigenvalue weighted by Gasteiger charge is 2.20. The lowest BCUT2D eigenvalue weighted by Gasteiger charge is -2.25. The van der Waals surface area contributed by atoms with Crippen molar-refractivity contribution in [3.05, 3.63) is 63.6 Å². The maximum atomic E-state index is 12.9. The number of halogens is 1. The van der Waals surface area contributed by atoms with Crippen molar-refractivity contribution in [3.8, 4) is 22.1 Å². The number of ether oxygens (including phenoxy) is 2. The third kappa shape index (κ3) is 4.62. The zero-order valence-corrected chi connectivity index (χ0v) is 18.5. The summed E-state index contributed by atoms with van der Waals surface area (Å²) < 4.78 is 12.4. The number of rotatable bonds is 6. The van der Waals surface area contributed by atoms with Crippen LogP contribution in [-0.2, 0) is 17.8 Å². The number of benzene rings is 2. The van der Waals surface area contributed by atoms with Gasteiger partial charge in [-0.05, 0) is 25.1 Å². The Morgan fingerprint density at radius 3 is 2.86 bits per heavy atom. The number of nitrogens with zero attached hydrogens (tertiary/aromatic N) is 2. The van der Waals surface area contributed by atoms with Crippen molar-refractivity contribution in [2.75, 3.05) is 19.8 Å². The molecule has 0 fully saturated rings. The molecule has 0 atom stereocenters. The first-order chi connectivity index (χ1) is 14.1. The highest BCUT2D eigenvalue weighted by Crippen LogP contribution is 2.34. The van der Waals surface area contributed by atoms with Crippen LogP contribution in [0.15, 0.2) is 52.3 Å². The fourth-order valence-corrected chi connectivity index (χ4v) is 4.47. The first-order valence-corrected chi connectivity index (χ1v) is 11.2. The minimum absolute atomic E-state index is 0.0490. The molecule has 1 aliphatic heterocycles. The molecule has 29 heavy (non-hydrogen) atoms. The molecular formula is C22H21BrN2O3S. The number of fused-ring (bicyclic) bond motifs is 1. The second kappa shape index (κ2) is 8.97. The van der Waals surface area contributed by atoms with E-state index in [0.717, 1.165) is 37.8 Å². The third-order valence-electron chi connectivity index (χ3n) is 4.70. The van der Waals surface area contributed by atoms with Crippen LogP contribution in [0.2, 0.25) is 0 Å². The molecule has 4 rings (SSSR count). The summed E-state index contributed by atoms with van der Waals surface area (Å²) in [4.78, 5) is 19.4. The van der Waals surface area contributed by atoms with E-state index in [1.807, 2.05) is 59.7 Å². The van der Waals surface area contributed by atoms with Gasteiger partial charge in [0.1, 0.15) is 18.2 Å². The standard InChI is InChI=1S/C22H21BrN2O3S/c1-2-25(13-16-6-4-8-19-21(16)28-10-9-27-19)20(26)12-18-14-29-22(24-18)15-5-3-7-17(23)11-15/h3-8,11,14H,2,9-10,12-13H2,1H3. The van der Waals surface area contributed by atoms with Crippen LogP contribution in [0, 0.1) is 0 Å². The van der Waals surface area contributed by atoms with Gasteiger partial charge in [0.15, 0.2) is 11.5 Å². The maximum absolute atomic E-state index is 12.9. The first kappa shape index (κ1) is 19.9. The molecule has 1 amide bonds. The highest BCUT2D eigenvalue weighted by molar-refractivity contribution is 9.10. The smallest absolute Gasteiger partial charge is 0.228 e. The van der Waals surface area contributed by atoms with E-state index in [4.69, 9.17) is 9.47 Å². The van der Waals surface area contributed by atoms with Crippen LogP contribution in [0.5, 0.6) is 11.5 Å². The number of thiazole rings is 1. The lowest BCUT2D eigenvalue weighted by molar-refractivity contribution is -0.130. The highest BCUT2D eigenvalue weighted by atomic mass is 79.9. The van der Waals surface area contributed by atoms with Crippen molar-refractivity contribution >= 4 is 33.2 Å². The molecule has 150 valence electrons. The number of para-hydroxylation sites is 1. The number of aromatic nitrogens is 1. The Labute approximate surface area is 182 Å². The van der Waals surface area contributed by atoms with Crippen molar-refractivity contribution in [2.45, 2.75) is 19.9 Å². The van der Waals surface area contributed by atoms with E-state index >= 15 is 0 Å². The van der Waals surface area contributed by atoms with Gasteiger partial charge in [-0.3, -0.25) is 4.79 Å². The van der Waals surface area contributed by atoms with Crippen molar-refractivity contribution < 1.29 is 14.3 Å². The molecule has 0 spiro atoms. The minimum Gasteiger partial charge on any atom is -0.486 e. The fourth-order valence-electron chi connectivity index (χ4n) is 3.25. The molecule has 0 bridgehead atoms. The van der Waals surface area contributed by atoms with Crippen LogP contribution in [0.4, 0.5) is 0 Å². The van der Waals surface area contributed by atoms with E-state index in [9.17, 15) is 4.79 Å². The summed E-state index contributed by atoms with van der Waals surface area (Å²) in [6.45, 7) is 4.17. The van der Waals surface area contributed by atoms with Crippen LogP contribution in [0.25, 0.3) is 10.6 Å². The number of carbonyl (C=O) groups is 1. The third-order valence-corrected chi connectivity index (χ3v) is 6.13.